The summed E-state index contributed by atoms with van der Waals surface area (Å²) < 4.78 is 1.23. The minimum Gasteiger partial charge on any atom is -0.142 e. The molecular weight excluding hydrogens is 164 g/mol. The normalized spacial score (nSPS) is 10.0. The minimum absolute atomic E-state index is 0.973. The molecule has 0 saturated heterocycles. The van der Waals surface area contributed by atoms with E-state index in [1.165, 1.54) is 4.70 Å². The molecule has 0 spiro atoms. The summed E-state index contributed by atoms with van der Waals surface area (Å²) in [6, 6.07) is 6.09. The molecule has 0 bridgehead atoms. The monoisotopic (exact) mass is 171 g/mol. The number of hydrogen-bond acceptors (Lipinski definition) is 1. The summed E-state index contributed by atoms with van der Waals surface area (Å²) in [7, 11) is 0. The highest BCUT2D eigenvalue weighted by molar-refractivity contribution is 7.17. The van der Waals surface area contributed by atoms with Crippen LogP contribution in [0.25, 0.3) is 10.1 Å². The summed E-state index contributed by atoms with van der Waals surface area (Å²) in [5.74, 6) is 2.66. The summed E-state index contributed by atoms with van der Waals surface area (Å²) in [5.41, 5.74) is 1.98. The Balaban J connectivity index is 2.86. The maximum absolute atomic E-state index is 5.35. The first kappa shape index (κ1) is 7.39. The lowest BCUT2D eigenvalue weighted by Crippen LogP contribution is -1.72. The zero-order valence-corrected chi connectivity index (χ0v) is 7.32. The van der Waals surface area contributed by atoms with Crippen LogP contribution in [-0.4, -0.2) is 0 Å². The molecule has 1 aromatic heterocycles. The SMILES string of the molecule is C#Cc1csc2ccc([CH2])cc12. The van der Waals surface area contributed by atoms with Crippen LogP contribution in [0.15, 0.2) is 23.6 Å². The molecule has 2 aromatic rings. The average Bonchev–Trinajstić information content (AvgIpc) is 2.46. The molecule has 0 N–H and O–H groups in total. The van der Waals surface area contributed by atoms with Gasteiger partial charge in [0.05, 0.1) is 0 Å². The van der Waals surface area contributed by atoms with Crippen LogP contribution < -0.4 is 0 Å². The molecule has 0 unspecified atom stereocenters. The number of fused-ring (bicyclic) bond motifs is 1. The smallest absolute Gasteiger partial charge is 0.0428 e. The number of hydrogen-bond donors (Lipinski definition) is 0. The van der Waals surface area contributed by atoms with Crippen molar-refractivity contribution in [1.82, 2.24) is 0 Å². The third kappa shape index (κ3) is 1.01. The number of thiophene rings is 1. The molecule has 1 aromatic carbocycles. The van der Waals surface area contributed by atoms with Gasteiger partial charge in [-0.25, -0.2) is 0 Å². The quantitative estimate of drug-likeness (QED) is 0.534. The number of terminal acetylenes is 1. The van der Waals surface area contributed by atoms with Gasteiger partial charge in [0.15, 0.2) is 0 Å². The Morgan fingerprint density at radius 1 is 1.42 bits per heavy atom. The molecule has 2 rings (SSSR count). The van der Waals surface area contributed by atoms with Crippen molar-refractivity contribution in [1.29, 1.82) is 0 Å². The zero-order chi connectivity index (χ0) is 8.55. The fraction of sp³-hybridized carbons (Fsp3) is 0. The Kier molecular flexibility index (Phi) is 1.64. The molecule has 0 saturated carbocycles. The summed E-state index contributed by atoms with van der Waals surface area (Å²) >= 11 is 1.68. The van der Waals surface area contributed by atoms with Crippen molar-refractivity contribution < 1.29 is 0 Å². The first-order chi connectivity index (χ1) is 5.81. The van der Waals surface area contributed by atoms with E-state index in [0.717, 1.165) is 16.5 Å². The number of benzene rings is 1. The van der Waals surface area contributed by atoms with Gasteiger partial charge in [0.25, 0.3) is 0 Å². The van der Waals surface area contributed by atoms with Gasteiger partial charge in [-0.3, -0.25) is 0 Å². The van der Waals surface area contributed by atoms with Gasteiger partial charge in [0.1, 0.15) is 0 Å². The highest BCUT2D eigenvalue weighted by atomic mass is 32.1. The second-order valence-electron chi connectivity index (χ2n) is 2.62. The van der Waals surface area contributed by atoms with Crippen molar-refractivity contribution in [3.63, 3.8) is 0 Å². The molecule has 12 heavy (non-hydrogen) atoms. The van der Waals surface area contributed by atoms with Gasteiger partial charge >= 0.3 is 0 Å². The van der Waals surface area contributed by atoms with Gasteiger partial charge in [0.2, 0.25) is 0 Å². The second-order valence-corrected chi connectivity index (χ2v) is 3.54. The Bertz CT molecular complexity index is 457. The summed E-state index contributed by atoms with van der Waals surface area (Å²) in [4.78, 5) is 0. The van der Waals surface area contributed by atoms with Gasteiger partial charge in [-0.05, 0) is 24.6 Å². The van der Waals surface area contributed by atoms with E-state index in [9.17, 15) is 0 Å². The fourth-order valence-corrected chi connectivity index (χ4v) is 2.07. The molecule has 0 nitrogen and oxygen atoms in total. The lowest BCUT2D eigenvalue weighted by atomic mass is 10.1. The van der Waals surface area contributed by atoms with E-state index in [0.29, 0.717) is 0 Å². The van der Waals surface area contributed by atoms with E-state index in [4.69, 9.17) is 6.42 Å². The van der Waals surface area contributed by atoms with Gasteiger partial charge in [-0.1, -0.05) is 12.0 Å². The Hall–Kier alpha value is -1.26. The maximum atomic E-state index is 5.35. The average molecular weight is 171 g/mol. The maximum Gasteiger partial charge on any atom is 0.0428 e. The predicted molar refractivity (Wildman–Crippen MR) is 54.2 cm³/mol. The molecule has 0 aliphatic heterocycles. The standard InChI is InChI=1S/C11H7S/c1-3-9-7-12-11-5-4-8(2)6-10(9)11/h1,4-7H,2H2. The molecular formula is C11H7S. The summed E-state index contributed by atoms with van der Waals surface area (Å²) in [5, 5.41) is 3.15. The Morgan fingerprint density at radius 2 is 2.25 bits per heavy atom. The largest absolute Gasteiger partial charge is 0.142 e. The molecule has 0 atom stereocenters. The Labute approximate surface area is 75.8 Å². The topological polar surface area (TPSA) is 0 Å². The van der Waals surface area contributed by atoms with E-state index in [1.54, 1.807) is 11.3 Å². The zero-order valence-electron chi connectivity index (χ0n) is 6.50. The Morgan fingerprint density at radius 3 is 3.00 bits per heavy atom. The predicted octanol–water partition coefficient (Wildman–Crippen LogP) is 3.06. The molecule has 1 radical (unpaired) electrons. The molecule has 1 heterocycles. The number of rotatable bonds is 0. The van der Waals surface area contributed by atoms with Crippen molar-refractivity contribution in [3.05, 3.63) is 41.6 Å². The van der Waals surface area contributed by atoms with E-state index in [1.807, 2.05) is 17.5 Å². The molecule has 0 aliphatic carbocycles. The fourth-order valence-electron chi connectivity index (χ4n) is 1.19. The van der Waals surface area contributed by atoms with Gasteiger partial charge in [-0.15, -0.1) is 17.8 Å². The molecule has 0 amide bonds. The van der Waals surface area contributed by atoms with Crippen molar-refractivity contribution in [3.8, 4) is 12.3 Å². The second kappa shape index (κ2) is 2.66. The first-order valence-corrected chi connectivity index (χ1v) is 4.49. The molecule has 57 valence electrons. The van der Waals surface area contributed by atoms with Crippen molar-refractivity contribution >= 4 is 21.4 Å². The highest BCUT2D eigenvalue weighted by Gasteiger charge is 2.00. The molecule has 0 fully saturated rings. The molecule has 0 aliphatic rings. The van der Waals surface area contributed by atoms with Crippen molar-refractivity contribution in [2.45, 2.75) is 0 Å². The van der Waals surface area contributed by atoms with Crippen LogP contribution in [0, 0.1) is 19.3 Å². The lowest BCUT2D eigenvalue weighted by molar-refractivity contribution is 1.69. The van der Waals surface area contributed by atoms with E-state index in [2.05, 4.69) is 18.9 Å². The molecule has 1 heteroatoms. The van der Waals surface area contributed by atoms with Crippen molar-refractivity contribution in [2.75, 3.05) is 0 Å². The van der Waals surface area contributed by atoms with Gasteiger partial charge in [0, 0.05) is 21.0 Å². The summed E-state index contributed by atoms with van der Waals surface area (Å²) in [6.45, 7) is 3.86. The van der Waals surface area contributed by atoms with Crippen LogP contribution in [0.4, 0.5) is 0 Å². The third-order valence-electron chi connectivity index (χ3n) is 1.79. The van der Waals surface area contributed by atoms with Gasteiger partial charge in [-0.2, -0.15) is 0 Å². The van der Waals surface area contributed by atoms with Crippen LogP contribution in [-0.2, 0) is 0 Å². The van der Waals surface area contributed by atoms with E-state index >= 15 is 0 Å². The van der Waals surface area contributed by atoms with Crippen LogP contribution in [0.5, 0.6) is 0 Å². The van der Waals surface area contributed by atoms with E-state index in [-0.39, 0.29) is 0 Å². The van der Waals surface area contributed by atoms with Crippen LogP contribution >= 0.6 is 11.3 Å². The highest BCUT2D eigenvalue weighted by Crippen LogP contribution is 2.25. The van der Waals surface area contributed by atoms with E-state index < -0.39 is 0 Å². The van der Waals surface area contributed by atoms with Crippen LogP contribution in [0.3, 0.4) is 0 Å². The van der Waals surface area contributed by atoms with Crippen LogP contribution in [0.2, 0.25) is 0 Å². The third-order valence-corrected chi connectivity index (χ3v) is 2.76. The first-order valence-electron chi connectivity index (χ1n) is 3.61. The summed E-state index contributed by atoms with van der Waals surface area (Å²) in [6.07, 6.45) is 5.35. The minimum atomic E-state index is 0.973. The van der Waals surface area contributed by atoms with Crippen LogP contribution in [0.1, 0.15) is 11.1 Å². The lowest BCUT2D eigenvalue weighted by Gasteiger charge is -1.92. The van der Waals surface area contributed by atoms with Gasteiger partial charge < -0.3 is 0 Å². The van der Waals surface area contributed by atoms with Crippen molar-refractivity contribution in [2.24, 2.45) is 0 Å².